The van der Waals surface area contributed by atoms with Crippen molar-refractivity contribution in [3.05, 3.63) is 88.9 Å². The van der Waals surface area contributed by atoms with Crippen molar-refractivity contribution < 1.29 is 27.5 Å². The summed E-state index contributed by atoms with van der Waals surface area (Å²) in [6.07, 6.45) is -1.51. The number of anilines is 2. The highest BCUT2D eigenvalue weighted by atomic mass is 35.5. The fourth-order valence-electron chi connectivity index (χ4n) is 2.95. The van der Waals surface area contributed by atoms with E-state index in [9.17, 15) is 18.0 Å². The second kappa shape index (κ2) is 13.1. The number of rotatable bonds is 10. The van der Waals surface area contributed by atoms with Gasteiger partial charge in [-0.1, -0.05) is 41.4 Å². The molecule has 0 aliphatic heterocycles. The maximum atomic E-state index is 13.1. The predicted molar refractivity (Wildman–Crippen MR) is 138 cm³/mol. The maximum Gasteiger partial charge on any atom is 0.411 e. The number of halogens is 2. The fourth-order valence-corrected chi connectivity index (χ4v) is 4.63. The fraction of sp³-hybridized carbons (Fsp3) is 0.167. The van der Waals surface area contributed by atoms with Crippen LogP contribution >= 0.6 is 23.2 Å². The number of sulfonamides is 1. The van der Waals surface area contributed by atoms with E-state index in [0.717, 1.165) is 4.31 Å². The zero-order chi connectivity index (χ0) is 26.0. The lowest BCUT2D eigenvalue weighted by Gasteiger charge is -2.22. The molecule has 0 atom stereocenters. The Bertz CT molecular complexity index is 1190. The summed E-state index contributed by atoms with van der Waals surface area (Å²) >= 11 is 11.6. The SMILES string of the molecule is O=C(Nc1ccc(Cl)cc1)OCCN(CCOC(=O)Nc1ccc(Cl)cc1)S(=O)(=O)c1ccccc1. The molecule has 2 amide bonds. The van der Waals surface area contributed by atoms with E-state index in [0.29, 0.717) is 21.4 Å². The van der Waals surface area contributed by atoms with Crippen molar-refractivity contribution in [3.8, 4) is 0 Å². The Morgan fingerprint density at radius 3 is 1.53 bits per heavy atom. The highest BCUT2D eigenvalue weighted by Gasteiger charge is 2.25. The predicted octanol–water partition coefficient (Wildman–Crippen LogP) is 5.48. The number of ether oxygens (including phenoxy) is 2. The number of nitrogens with zero attached hydrogens (tertiary/aromatic N) is 1. The van der Waals surface area contributed by atoms with Crippen LogP contribution in [0.4, 0.5) is 21.0 Å². The van der Waals surface area contributed by atoms with Gasteiger partial charge in [-0.05, 0) is 60.7 Å². The normalized spacial score (nSPS) is 11.1. The number of carbonyl (C=O) groups is 2. The van der Waals surface area contributed by atoms with Gasteiger partial charge < -0.3 is 9.47 Å². The highest BCUT2D eigenvalue weighted by molar-refractivity contribution is 7.89. The molecule has 0 saturated carbocycles. The lowest BCUT2D eigenvalue weighted by molar-refractivity contribution is 0.140. The molecule has 0 aliphatic carbocycles. The van der Waals surface area contributed by atoms with Crippen molar-refractivity contribution in [1.29, 1.82) is 0 Å². The monoisotopic (exact) mass is 551 g/mol. The minimum Gasteiger partial charge on any atom is -0.448 e. The lowest BCUT2D eigenvalue weighted by atomic mass is 10.3. The van der Waals surface area contributed by atoms with Crippen LogP contribution in [0.2, 0.25) is 10.0 Å². The van der Waals surface area contributed by atoms with Gasteiger partial charge in [0.2, 0.25) is 10.0 Å². The summed E-state index contributed by atoms with van der Waals surface area (Å²) in [4.78, 5) is 24.2. The lowest BCUT2D eigenvalue weighted by Crippen LogP contribution is -2.37. The first-order valence-corrected chi connectivity index (χ1v) is 12.9. The first-order valence-electron chi connectivity index (χ1n) is 10.7. The third-order valence-corrected chi connectivity index (χ3v) is 7.13. The molecule has 0 spiro atoms. The van der Waals surface area contributed by atoms with Gasteiger partial charge in [0.25, 0.3) is 0 Å². The average molecular weight is 552 g/mol. The van der Waals surface area contributed by atoms with Gasteiger partial charge in [0.05, 0.1) is 4.90 Å². The molecule has 0 bridgehead atoms. The van der Waals surface area contributed by atoms with Gasteiger partial charge in [-0.25, -0.2) is 18.0 Å². The van der Waals surface area contributed by atoms with Gasteiger partial charge >= 0.3 is 12.2 Å². The van der Waals surface area contributed by atoms with Gasteiger partial charge in [-0.15, -0.1) is 0 Å². The Morgan fingerprint density at radius 1 is 0.694 bits per heavy atom. The van der Waals surface area contributed by atoms with Crippen LogP contribution in [0, 0.1) is 0 Å². The summed E-state index contributed by atoms with van der Waals surface area (Å²) in [5, 5.41) is 6.08. The van der Waals surface area contributed by atoms with Crippen LogP contribution in [0.15, 0.2) is 83.8 Å². The van der Waals surface area contributed by atoms with Crippen molar-refractivity contribution in [1.82, 2.24) is 4.31 Å². The molecule has 0 radical (unpaired) electrons. The quantitative estimate of drug-likeness (QED) is 0.344. The van der Waals surface area contributed by atoms with Gasteiger partial charge in [-0.2, -0.15) is 4.31 Å². The highest BCUT2D eigenvalue weighted by Crippen LogP contribution is 2.17. The molecule has 0 fully saturated rings. The number of hydrogen-bond donors (Lipinski definition) is 2. The van der Waals surface area contributed by atoms with Crippen LogP contribution < -0.4 is 10.6 Å². The summed E-state index contributed by atoms with van der Waals surface area (Å²) in [7, 11) is -3.94. The minimum atomic E-state index is -3.94. The van der Waals surface area contributed by atoms with Crippen molar-refractivity contribution in [2.45, 2.75) is 4.90 Å². The van der Waals surface area contributed by atoms with Crippen LogP contribution in [-0.4, -0.2) is 51.2 Å². The van der Waals surface area contributed by atoms with E-state index in [4.69, 9.17) is 32.7 Å². The first-order chi connectivity index (χ1) is 17.2. The number of hydrogen-bond acceptors (Lipinski definition) is 6. The van der Waals surface area contributed by atoms with E-state index >= 15 is 0 Å². The Labute approximate surface area is 219 Å². The van der Waals surface area contributed by atoms with E-state index < -0.39 is 22.2 Å². The number of benzene rings is 3. The molecule has 3 aromatic carbocycles. The summed E-state index contributed by atoms with van der Waals surface area (Å²) in [6, 6.07) is 20.6. The zero-order valence-corrected chi connectivity index (χ0v) is 21.2. The summed E-state index contributed by atoms with van der Waals surface area (Å²) in [5.41, 5.74) is 0.941. The number of amides is 2. The second-order valence-corrected chi connectivity index (χ2v) is 10.1. The van der Waals surface area contributed by atoms with Gasteiger partial charge in [0.1, 0.15) is 13.2 Å². The second-order valence-electron chi connectivity index (χ2n) is 7.25. The Hall–Kier alpha value is -3.31. The van der Waals surface area contributed by atoms with Crippen molar-refractivity contribution in [2.75, 3.05) is 36.9 Å². The van der Waals surface area contributed by atoms with Crippen molar-refractivity contribution >= 4 is 56.8 Å². The van der Waals surface area contributed by atoms with E-state index in [1.165, 1.54) is 12.1 Å². The van der Waals surface area contributed by atoms with Gasteiger partial charge in [0, 0.05) is 34.5 Å². The molecule has 0 saturated heterocycles. The first kappa shape index (κ1) is 27.3. The zero-order valence-electron chi connectivity index (χ0n) is 18.9. The average Bonchev–Trinajstić information content (AvgIpc) is 2.86. The molecule has 9 nitrogen and oxygen atoms in total. The smallest absolute Gasteiger partial charge is 0.411 e. The number of nitrogens with one attached hydrogen (secondary N) is 2. The Balaban J connectivity index is 1.57. The molecule has 190 valence electrons. The third kappa shape index (κ3) is 8.42. The number of carbonyl (C=O) groups excluding carboxylic acids is 2. The molecule has 3 rings (SSSR count). The Morgan fingerprint density at radius 2 is 1.11 bits per heavy atom. The molecule has 0 aliphatic rings. The minimum absolute atomic E-state index is 0.0567. The molecule has 36 heavy (non-hydrogen) atoms. The standard InChI is InChI=1S/C24H23Cl2N3O6S/c25-18-6-10-20(11-7-18)27-23(30)34-16-14-29(36(32,33)22-4-2-1-3-5-22)15-17-35-24(31)28-21-12-8-19(26)9-13-21/h1-13H,14-17H2,(H,27,30)(H,28,31). The largest absolute Gasteiger partial charge is 0.448 e. The third-order valence-electron chi connectivity index (χ3n) is 4.71. The van der Waals surface area contributed by atoms with Gasteiger partial charge in [0.15, 0.2) is 0 Å². The Kier molecular flexibility index (Phi) is 9.95. The molecule has 0 unspecified atom stereocenters. The van der Waals surface area contributed by atoms with E-state index in [1.54, 1.807) is 66.7 Å². The van der Waals surface area contributed by atoms with Gasteiger partial charge in [-0.3, -0.25) is 10.6 Å². The summed E-state index contributed by atoms with van der Waals surface area (Å²) in [5.74, 6) is 0. The van der Waals surface area contributed by atoms with E-state index in [2.05, 4.69) is 10.6 Å². The van der Waals surface area contributed by atoms with Crippen LogP contribution in [-0.2, 0) is 19.5 Å². The van der Waals surface area contributed by atoms with E-state index in [1.807, 2.05) is 0 Å². The van der Waals surface area contributed by atoms with E-state index in [-0.39, 0.29) is 31.2 Å². The molecule has 2 N–H and O–H groups in total. The molecular formula is C24H23Cl2N3O6S. The van der Waals surface area contributed by atoms with Crippen molar-refractivity contribution in [3.63, 3.8) is 0 Å². The van der Waals surface area contributed by atoms with Crippen LogP contribution in [0.5, 0.6) is 0 Å². The topological polar surface area (TPSA) is 114 Å². The summed E-state index contributed by atoms with van der Waals surface area (Å²) < 4.78 is 37.6. The van der Waals surface area contributed by atoms with Crippen molar-refractivity contribution in [2.24, 2.45) is 0 Å². The molecule has 0 heterocycles. The molecule has 3 aromatic rings. The summed E-state index contributed by atoms with van der Waals surface area (Å²) in [6.45, 7) is -0.786. The van der Waals surface area contributed by atoms with Crippen LogP contribution in [0.1, 0.15) is 0 Å². The molecular weight excluding hydrogens is 529 g/mol. The van der Waals surface area contributed by atoms with Crippen LogP contribution in [0.25, 0.3) is 0 Å². The maximum absolute atomic E-state index is 13.1. The molecule has 0 aromatic heterocycles. The van der Waals surface area contributed by atoms with Crippen LogP contribution in [0.3, 0.4) is 0 Å². The molecule has 12 heteroatoms.